The molecule has 1 atom stereocenters. The molecule has 1 aliphatic rings. The quantitative estimate of drug-likeness (QED) is 0.807. The van der Waals surface area contributed by atoms with Crippen LogP contribution in [0, 0.1) is 6.92 Å². The van der Waals surface area contributed by atoms with Gasteiger partial charge in [-0.1, -0.05) is 0 Å². The first-order valence-corrected chi connectivity index (χ1v) is 7.38. The van der Waals surface area contributed by atoms with E-state index >= 15 is 0 Å². The Balaban J connectivity index is 1.94. The predicted octanol–water partition coefficient (Wildman–Crippen LogP) is 1.14. The molecule has 0 saturated carbocycles. The summed E-state index contributed by atoms with van der Waals surface area (Å²) in [5.74, 6) is 0.308. The lowest BCUT2D eigenvalue weighted by molar-refractivity contribution is -0.146. The number of thiophene rings is 1. The Morgan fingerprint density at radius 2 is 2.19 bits per heavy atom. The number of hydrogen-bond acceptors (Lipinski definition) is 7. The van der Waals surface area contributed by atoms with E-state index < -0.39 is 6.04 Å². The molecular formula is C13H15N5O2S. The van der Waals surface area contributed by atoms with Crippen LogP contribution in [0.25, 0.3) is 10.2 Å². The highest BCUT2D eigenvalue weighted by molar-refractivity contribution is 7.18. The van der Waals surface area contributed by atoms with E-state index in [2.05, 4.69) is 15.3 Å². The van der Waals surface area contributed by atoms with Crippen LogP contribution >= 0.6 is 11.3 Å². The molecule has 0 spiro atoms. The van der Waals surface area contributed by atoms with E-state index in [9.17, 15) is 9.59 Å². The molecule has 0 radical (unpaired) electrons. The molecule has 3 N–H and O–H groups in total. The molecule has 2 aromatic heterocycles. The standard InChI is InChI=1S/C13H15N5O2S/c1-6-5-7-10(16-13(14)17-11(7)21-6)15-8-3-4-9(19)18(2)12(8)20/h5,8H,3-4H2,1-2H3,(H3,14,15,16,17). The van der Waals surface area contributed by atoms with Crippen LogP contribution < -0.4 is 11.1 Å². The number of nitrogens with two attached hydrogens (primary N) is 1. The molecule has 1 aliphatic heterocycles. The van der Waals surface area contributed by atoms with Gasteiger partial charge in [-0.15, -0.1) is 11.3 Å². The summed E-state index contributed by atoms with van der Waals surface area (Å²) in [6.07, 6.45) is 0.794. The van der Waals surface area contributed by atoms with Crippen molar-refractivity contribution in [3.05, 3.63) is 10.9 Å². The van der Waals surface area contributed by atoms with Gasteiger partial charge < -0.3 is 11.1 Å². The first-order chi connectivity index (χ1) is 9.95. The Bertz CT molecular complexity index is 741. The summed E-state index contributed by atoms with van der Waals surface area (Å²) >= 11 is 1.52. The van der Waals surface area contributed by atoms with Crippen molar-refractivity contribution in [3.63, 3.8) is 0 Å². The number of imide groups is 1. The van der Waals surface area contributed by atoms with Gasteiger partial charge in [0, 0.05) is 18.3 Å². The number of likely N-dealkylation sites (N-methyl/N-ethyl adjacent to an activating group) is 1. The second kappa shape index (κ2) is 4.96. The number of nitrogens with one attached hydrogen (secondary N) is 1. The van der Waals surface area contributed by atoms with Gasteiger partial charge in [-0.05, 0) is 19.4 Å². The van der Waals surface area contributed by atoms with Crippen LogP contribution in [0.5, 0.6) is 0 Å². The average Bonchev–Trinajstić information content (AvgIpc) is 2.79. The lowest BCUT2D eigenvalue weighted by Crippen LogP contribution is -2.48. The van der Waals surface area contributed by atoms with Gasteiger partial charge in [0.2, 0.25) is 11.9 Å². The minimum absolute atomic E-state index is 0.156. The summed E-state index contributed by atoms with van der Waals surface area (Å²) in [5, 5.41) is 3.96. The fraction of sp³-hybridized carbons (Fsp3) is 0.385. The molecule has 0 bridgehead atoms. The van der Waals surface area contributed by atoms with Crippen molar-refractivity contribution in [2.75, 3.05) is 18.1 Å². The first kappa shape index (κ1) is 13.7. The third-order valence-electron chi connectivity index (χ3n) is 3.49. The van der Waals surface area contributed by atoms with Crippen molar-refractivity contribution >= 4 is 45.1 Å². The van der Waals surface area contributed by atoms with Gasteiger partial charge >= 0.3 is 0 Å². The smallest absolute Gasteiger partial charge is 0.251 e. The van der Waals surface area contributed by atoms with Gasteiger partial charge in [-0.3, -0.25) is 14.5 Å². The molecule has 7 nitrogen and oxygen atoms in total. The topological polar surface area (TPSA) is 101 Å². The van der Waals surface area contributed by atoms with Crippen molar-refractivity contribution in [2.24, 2.45) is 0 Å². The van der Waals surface area contributed by atoms with E-state index in [4.69, 9.17) is 5.73 Å². The molecule has 2 aromatic rings. The first-order valence-electron chi connectivity index (χ1n) is 6.56. The van der Waals surface area contributed by atoms with Crippen LogP contribution in [0.1, 0.15) is 17.7 Å². The maximum Gasteiger partial charge on any atom is 0.251 e. The number of carbonyl (C=O) groups excluding carboxylic acids is 2. The molecular weight excluding hydrogens is 290 g/mol. The number of likely N-dealkylation sites (tertiary alicyclic amines) is 1. The van der Waals surface area contributed by atoms with E-state index in [1.807, 2.05) is 13.0 Å². The van der Waals surface area contributed by atoms with E-state index in [0.717, 1.165) is 20.0 Å². The SMILES string of the molecule is Cc1cc2c(NC3CCC(=O)N(C)C3=O)nc(N)nc2s1. The lowest BCUT2D eigenvalue weighted by atomic mass is 10.0. The van der Waals surface area contributed by atoms with Crippen molar-refractivity contribution in [1.29, 1.82) is 0 Å². The molecule has 3 heterocycles. The Morgan fingerprint density at radius 1 is 1.43 bits per heavy atom. The van der Waals surface area contributed by atoms with E-state index in [0.29, 0.717) is 18.7 Å². The number of anilines is 2. The summed E-state index contributed by atoms with van der Waals surface area (Å²) in [6.45, 7) is 1.98. The lowest BCUT2D eigenvalue weighted by Gasteiger charge is -2.28. The summed E-state index contributed by atoms with van der Waals surface area (Å²) in [6, 6.07) is 1.50. The molecule has 8 heteroatoms. The minimum atomic E-state index is -0.467. The van der Waals surface area contributed by atoms with Crippen LogP contribution in [0.15, 0.2) is 6.07 Å². The average molecular weight is 305 g/mol. The molecule has 1 fully saturated rings. The molecule has 2 amide bonds. The van der Waals surface area contributed by atoms with Gasteiger partial charge in [0.1, 0.15) is 16.7 Å². The molecule has 1 saturated heterocycles. The monoisotopic (exact) mass is 305 g/mol. The van der Waals surface area contributed by atoms with Crippen LogP contribution in [0.2, 0.25) is 0 Å². The number of nitrogen functional groups attached to an aromatic ring is 1. The number of aryl methyl sites for hydroxylation is 1. The van der Waals surface area contributed by atoms with Crippen LogP contribution in [-0.4, -0.2) is 39.8 Å². The predicted molar refractivity (Wildman–Crippen MR) is 81.0 cm³/mol. The van der Waals surface area contributed by atoms with Crippen molar-refractivity contribution in [3.8, 4) is 0 Å². The molecule has 1 unspecified atom stereocenters. The fourth-order valence-electron chi connectivity index (χ4n) is 2.38. The summed E-state index contributed by atoms with van der Waals surface area (Å²) in [4.78, 5) is 35.1. The second-order valence-corrected chi connectivity index (χ2v) is 6.27. The largest absolute Gasteiger partial charge is 0.368 e. The summed E-state index contributed by atoms with van der Waals surface area (Å²) < 4.78 is 0. The number of carbonyl (C=O) groups is 2. The highest BCUT2D eigenvalue weighted by Crippen LogP contribution is 2.30. The number of rotatable bonds is 2. The number of hydrogen-bond donors (Lipinski definition) is 2. The van der Waals surface area contributed by atoms with E-state index in [1.165, 1.54) is 18.4 Å². The van der Waals surface area contributed by atoms with Crippen LogP contribution in [-0.2, 0) is 9.59 Å². The second-order valence-electron chi connectivity index (χ2n) is 5.03. The van der Waals surface area contributed by atoms with Gasteiger partial charge in [0.05, 0.1) is 5.39 Å². The van der Waals surface area contributed by atoms with Crippen LogP contribution in [0.3, 0.4) is 0 Å². The van der Waals surface area contributed by atoms with Gasteiger partial charge in [-0.2, -0.15) is 4.98 Å². The number of amides is 2. The zero-order chi connectivity index (χ0) is 15.1. The summed E-state index contributed by atoms with van der Waals surface area (Å²) in [7, 11) is 1.50. The van der Waals surface area contributed by atoms with Crippen molar-refractivity contribution in [1.82, 2.24) is 14.9 Å². The van der Waals surface area contributed by atoms with Gasteiger partial charge in [0.15, 0.2) is 0 Å². The normalized spacial score (nSPS) is 19.3. The third kappa shape index (κ3) is 2.42. The number of piperidine rings is 1. The fourth-order valence-corrected chi connectivity index (χ4v) is 3.27. The Kier molecular flexibility index (Phi) is 3.25. The van der Waals surface area contributed by atoms with E-state index in [1.54, 1.807) is 0 Å². The minimum Gasteiger partial charge on any atom is -0.368 e. The third-order valence-corrected chi connectivity index (χ3v) is 4.44. The zero-order valence-electron chi connectivity index (χ0n) is 11.7. The Morgan fingerprint density at radius 3 is 2.95 bits per heavy atom. The molecule has 3 rings (SSSR count). The summed E-state index contributed by atoms with van der Waals surface area (Å²) in [5.41, 5.74) is 5.72. The van der Waals surface area contributed by atoms with Crippen molar-refractivity contribution < 1.29 is 9.59 Å². The highest BCUT2D eigenvalue weighted by Gasteiger charge is 2.32. The number of nitrogens with zero attached hydrogens (tertiary/aromatic N) is 3. The number of aromatic nitrogens is 2. The van der Waals surface area contributed by atoms with E-state index in [-0.39, 0.29) is 17.8 Å². The Labute approximate surface area is 125 Å². The highest BCUT2D eigenvalue weighted by atomic mass is 32.1. The maximum atomic E-state index is 12.1. The molecule has 21 heavy (non-hydrogen) atoms. The van der Waals surface area contributed by atoms with Crippen LogP contribution in [0.4, 0.5) is 11.8 Å². The zero-order valence-corrected chi connectivity index (χ0v) is 12.5. The molecule has 0 aromatic carbocycles. The van der Waals surface area contributed by atoms with Crippen molar-refractivity contribution in [2.45, 2.75) is 25.8 Å². The molecule has 0 aliphatic carbocycles. The molecule has 110 valence electrons. The van der Waals surface area contributed by atoms with Gasteiger partial charge in [-0.25, -0.2) is 4.98 Å². The number of fused-ring (bicyclic) bond motifs is 1. The van der Waals surface area contributed by atoms with Gasteiger partial charge in [0.25, 0.3) is 5.91 Å². The Hall–Kier alpha value is -2.22. The maximum absolute atomic E-state index is 12.1.